The Balaban J connectivity index is 2.12. The van der Waals surface area contributed by atoms with Gasteiger partial charge in [0.2, 0.25) is 0 Å². The van der Waals surface area contributed by atoms with Gasteiger partial charge in [-0.1, -0.05) is 12.8 Å². The summed E-state index contributed by atoms with van der Waals surface area (Å²) in [6.45, 7) is 0.382. The Kier molecular flexibility index (Phi) is 3.21. The van der Waals surface area contributed by atoms with E-state index in [9.17, 15) is 4.39 Å². The molecule has 1 aromatic rings. The van der Waals surface area contributed by atoms with Crippen molar-refractivity contribution in [3.63, 3.8) is 0 Å². The topological polar surface area (TPSA) is 38.0 Å². The van der Waals surface area contributed by atoms with E-state index in [-0.39, 0.29) is 5.82 Å². The summed E-state index contributed by atoms with van der Waals surface area (Å²) in [5.74, 6) is -0.215. The van der Waals surface area contributed by atoms with Gasteiger partial charge in [0.15, 0.2) is 0 Å². The lowest BCUT2D eigenvalue weighted by molar-refractivity contribution is 0.625. The Bertz CT molecular complexity index is 332. The molecule has 1 aliphatic carbocycles. The van der Waals surface area contributed by atoms with E-state index in [2.05, 4.69) is 5.32 Å². The molecule has 3 N–H and O–H groups in total. The number of benzene rings is 1. The van der Waals surface area contributed by atoms with E-state index in [1.807, 2.05) is 0 Å². The van der Waals surface area contributed by atoms with Crippen molar-refractivity contribution in [3.05, 3.63) is 29.6 Å². The Hall–Kier alpha value is -1.09. The minimum Gasteiger partial charge on any atom is -0.382 e. The van der Waals surface area contributed by atoms with Crippen LogP contribution < -0.4 is 11.1 Å². The molecule has 0 bridgehead atoms. The van der Waals surface area contributed by atoms with Crippen LogP contribution in [0.15, 0.2) is 18.2 Å². The normalized spacial score (nSPS) is 16.9. The highest BCUT2D eigenvalue weighted by Crippen LogP contribution is 2.24. The summed E-state index contributed by atoms with van der Waals surface area (Å²) in [6, 6.07) is 5.32. The molecule has 2 nitrogen and oxygen atoms in total. The third-order valence-electron chi connectivity index (χ3n) is 3.00. The van der Waals surface area contributed by atoms with Crippen LogP contribution in [0.5, 0.6) is 0 Å². The maximum absolute atomic E-state index is 13.0. The maximum atomic E-state index is 13.0. The van der Waals surface area contributed by atoms with E-state index in [1.54, 1.807) is 6.07 Å². The lowest BCUT2D eigenvalue weighted by Crippen LogP contribution is -2.16. The van der Waals surface area contributed by atoms with Crippen LogP contribution in [0.4, 0.5) is 10.1 Å². The van der Waals surface area contributed by atoms with Crippen LogP contribution in [-0.2, 0) is 6.54 Å². The zero-order chi connectivity index (χ0) is 10.7. The molecule has 1 saturated carbocycles. The molecule has 0 radical (unpaired) electrons. The first-order valence-corrected chi connectivity index (χ1v) is 5.54. The highest BCUT2D eigenvalue weighted by atomic mass is 19.1. The Morgan fingerprint density at radius 2 is 2.07 bits per heavy atom. The molecule has 0 aliphatic heterocycles. The second-order valence-corrected chi connectivity index (χ2v) is 4.13. The molecule has 1 aliphatic rings. The van der Waals surface area contributed by atoms with Gasteiger partial charge < -0.3 is 11.1 Å². The van der Waals surface area contributed by atoms with E-state index in [0.717, 1.165) is 11.3 Å². The molecule has 0 saturated heterocycles. The van der Waals surface area contributed by atoms with Gasteiger partial charge in [0.1, 0.15) is 5.82 Å². The number of hydrogen-bond donors (Lipinski definition) is 2. The fourth-order valence-corrected chi connectivity index (χ4v) is 2.16. The fraction of sp³-hybridized carbons (Fsp3) is 0.500. The molecule has 0 amide bonds. The van der Waals surface area contributed by atoms with E-state index >= 15 is 0 Å². The number of nitrogens with two attached hydrogens (primary N) is 1. The number of rotatable bonds is 3. The number of anilines is 1. The first kappa shape index (κ1) is 10.4. The van der Waals surface area contributed by atoms with Gasteiger partial charge in [0.05, 0.1) is 0 Å². The number of hydrogen-bond acceptors (Lipinski definition) is 2. The van der Waals surface area contributed by atoms with Crippen LogP contribution in [0.2, 0.25) is 0 Å². The third-order valence-corrected chi connectivity index (χ3v) is 3.00. The quantitative estimate of drug-likeness (QED) is 0.801. The zero-order valence-electron chi connectivity index (χ0n) is 8.80. The van der Waals surface area contributed by atoms with Gasteiger partial charge >= 0.3 is 0 Å². The van der Waals surface area contributed by atoms with Gasteiger partial charge in [-0.15, -0.1) is 0 Å². The molecule has 1 fully saturated rings. The van der Waals surface area contributed by atoms with Crippen molar-refractivity contribution in [2.45, 2.75) is 38.3 Å². The molecule has 0 atom stereocenters. The molecule has 82 valence electrons. The van der Waals surface area contributed by atoms with Crippen molar-refractivity contribution < 1.29 is 4.39 Å². The van der Waals surface area contributed by atoms with Gasteiger partial charge in [-0.2, -0.15) is 0 Å². The summed E-state index contributed by atoms with van der Waals surface area (Å²) in [5, 5.41) is 3.44. The fourth-order valence-electron chi connectivity index (χ4n) is 2.16. The molecule has 15 heavy (non-hydrogen) atoms. The van der Waals surface area contributed by atoms with Gasteiger partial charge in [-0.3, -0.25) is 0 Å². The molecular weight excluding hydrogens is 191 g/mol. The lowest BCUT2D eigenvalue weighted by Gasteiger charge is -2.16. The zero-order valence-corrected chi connectivity index (χ0v) is 8.80. The third kappa shape index (κ3) is 2.48. The Morgan fingerprint density at radius 1 is 1.33 bits per heavy atom. The van der Waals surface area contributed by atoms with E-state index in [1.165, 1.54) is 37.8 Å². The van der Waals surface area contributed by atoms with Crippen molar-refractivity contribution in [1.29, 1.82) is 0 Å². The molecule has 0 heterocycles. The summed E-state index contributed by atoms with van der Waals surface area (Å²) in [6.07, 6.45) is 5.00. The Morgan fingerprint density at radius 3 is 2.73 bits per heavy atom. The van der Waals surface area contributed by atoms with Crippen LogP contribution >= 0.6 is 0 Å². The highest BCUT2D eigenvalue weighted by Gasteiger charge is 2.15. The average molecular weight is 208 g/mol. The highest BCUT2D eigenvalue weighted by molar-refractivity contribution is 5.52. The average Bonchev–Trinajstić information content (AvgIpc) is 2.73. The monoisotopic (exact) mass is 208 g/mol. The van der Waals surface area contributed by atoms with Crippen LogP contribution in [0.1, 0.15) is 31.2 Å². The number of halogens is 1. The minimum absolute atomic E-state index is 0.215. The van der Waals surface area contributed by atoms with E-state index < -0.39 is 0 Å². The van der Waals surface area contributed by atoms with Gasteiger partial charge in [0, 0.05) is 18.3 Å². The van der Waals surface area contributed by atoms with E-state index in [4.69, 9.17) is 5.73 Å². The Labute approximate surface area is 89.7 Å². The van der Waals surface area contributed by atoms with Gasteiger partial charge in [-0.25, -0.2) is 4.39 Å². The molecule has 2 rings (SSSR count). The predicted octanol–water partition coefficient (Wildman–Crippen LogP) is 2.64. The lowest BCUT2D eigenvalue weighted by atomic mass is 10.1. The van der Waals surface area contributed by atoms with Crippen molar-refractivity contribution in [2.24, 2.45) is 5.73 Å². The second kappa shape index (κ2) is 4.62. The number of nitrogens with one attached hydrogen (secondary N) is 1. The van der Waals surface area contributed by atoms with Crippen molar-refractivity contribution in [3.8, 4) is 0 Å². The van der Waals surface area contributed by atoms with Crippen LogP contribution in [-0.4, -0.2) is 6.04 Å². The smallest absolute Gasteiger partial charge is 0.123 e. The molecule has 3 heteroatoms. The van der Waals surface area contributed by atoms with Gasteiger partial charge in [0.25, 0.3) is 0 Å². The molecule has 0 unspecified atom stereocenters. The second-order valence-electron chi connectivity index (χ2n) is 4.13. The SMILES string of the molecule is NCc1cc(F)ccc1NC1CCCC1. The van der Waals surface area contributed by atoms with Crippen LogP contribution in [0.3, 0.4) is 0 Å². The van der Waals surface area contributed by atoms with Gasteiger partial charge in [-0.05, 0) is 36.6 Å². The molecular formula is C12H17FN2. The summed E-state index contributed by atoms with van der Waals surface area (Å²) in [5.41, 5.74) is 7.44. The minimum atomic E-state index is -0.215. The summed E-state index contributed by atoms with van der Waals surface area (Å²) < 4.78 is 13.0. The van der Waals surface area contributed by atoms with Crippen molar-refractivity contribution >= 4 is 5.69 Å². The standard InChI is InChI=1S/C12H17FN2/c13-10-5-6-12(9(7-10)8-14)15-11-3-1-2-4-11/h5-7,11,15H,1-4,8,14H2. The van der Waals surface area contributed by atoms with Crippen LogP contribution in [0, 0.1) is 5.82 Å². The predicted molar refractivity (Wildman–Crippen MR) is 60.2 cm³/mol. The maximum Gasteiger partial charge on any atom is 0.123 e. The largest absolute Gasteiger partial charge is 0.382 e. The van der Waals surface area contributed by atoms with Crippen LogP contribution in [0.25, 0.3) is 0 Å². The molecule has 1 aromatic carbocycles. The first-order valence-electron chi connectivity index (χ1n) is 5.54. The van der Waals surface area contributed by atoms with Crippen molar-refractivity contribution in [1.82, 2.24) is 0 Å². The summed E-state index contributed by atoms with van der Waals surface area (Å²) in [4.78, 5) is 0. The summed E-state index contributed by atoms with van der Waals surface area (Å²) in [7, 11) is 0. The molecule has 0 spiro atoms. The van der Waals surface area contributed by atoms with E-state index in [0.29, 0.717) is 12.6 Å². The molecule has 0 aromatic heterocycles. The van der Waals surface area contributed by atoms with Crippen molar-refractivity contribution in [2.75, 3.05) is 5.32 Å². The first-order chi connectivity index (χ1) is 7.29. The summed E-state index contributed by atoms with van der Waals surface area (Å²) >= 11 is 0.